The Morgan fingerprint density at radius 3 is 1.80 bits per heavy atom. The lowest BCUT2D eigenvalue weighted by molar-refractivity contribution is 0.828. The van der Waals surface area contributed by atoms with Crippen molar-refractivity contribution < 1.29 is 0 Å². The molecule has 104 valence electrons. The molecule has 20 heavy (non-hydrogen) atoms. The van der Waals surface area contributed by atoms with Crippen molar-refractivity contribution in [2.24, 2.45) is 5.92 Å². The van der Waals surface area contributed by atoms with Crippen LogP contribution in [0.5, 0.6) is 0 Å². The van der Waals surface area contributed by atoms with Crippen LogP contribution < -0.4 is 10.4 Å². The van der Waals surface area contributed by atoms with E-state index in [2.05, 4.69) is 57.8 Å². The first-order valence-electron chi connectivity index (χ1n) is 7.25. The first-order chi connectivity index (χ1) is 9.54. The van der Waals surface area contributed by atoms with Crippen LogP contribution in [0.2, 0.25) is 0 Å². The maximum Gasteiger partial charge on any atom is 0.00662 e. The molecule has 0 spiro atoms. The predicted octanol–water partition coefficient (Wildman–Crippen LogP) is 4.13. The summed E-state index contributed by atoms with van der Waals surface area (Å²) >= 11 is 0. The van der Waals surface area contributed by atoms with Gasteiger partial charge >= 0.3 is 0 Å². The lowest BCUT2D eigenvalue weighted by Gasteiger charge is -2.19. The maximum atomic E-state index is 4.10. The average Bonchev–Trinajstić information content (AvgIpc) is 2.65. The molecule has 0 nitrogen and oxygen atoms in total. The largest absolute Gasteiger partial charge is 0.103 e. The van der Waals surface area contributed by atoms with E-state index in [1.54, 1.807) is 0 Å². The van der Waals surface area contributed by atoms with Crippen LogP contribution in [0.3, 0.4) is 0 Å². The van der Waals surface area contributed by atoms with Gasteiger partial charge in [-0.1, -0.05) is 65.8 Å². The van der Waals surface area contributed by atoms with Gasteiger partial charge in [-0.05, 0) is 43.5 Å². The molecule has 0 saturated carbocycles. The summed E-state index contributed by atoms with van der Waals surface area (Å²) in [7, 11) is 0. The molecule has 1 aromatic carbocycles. The molecule has 2 rings (SSSR count). The third-order valence-electron chi connectivity index (χ3n) is 3.85. The summed E-state index contributed by atoms with van der Waals surface area (Å²) in [5.74, 6) is 0.471. The Labute approximate surface area is 122 Å². The molecule has 0 heterocycles. The SMILES string of the molecule is C=CCC1C(CC(=C)C)=c2ccccc2=C1CC(=C)C. The fraction of sp³-hybridized carbons (Fsp3) is 0.300. The normalized spacial score (nSPS) is 14.3. The number of fused-ring (bicyclic) bond motifs is 1. The molecule has 1 aliphatic carbocycles. The summed E-state index contributed by atoms with van der Waals surface area (Å²) < 4.78 is 0. The zero-order valence-electron chi connectivity index (χ0n) is 12.7. The molecule has 0 saturated heterocycles. The van der Waals surface area contributed by atoms with E-state index in [-0.39, 0.29) is 0 Å². The zero-order valence-corrected chi connectivity index (χ0v) is 12.7. The summed E-state index contributed by atoms with van der Waals surface area (Å²) in [4.78, 5) is 0. The van der Waals surface area contributed by atoms with Crippen LogP contribution in [0.1, 0.15) is 33.1 Å². The van der Waals surface area contributed by atoms with Crippen molar-refractivity contribution in [3.05, 3.63) is 71.7 Å². The van der Waals surface area contributed by atoms with Crippen LogP contribution in [-0.2, 0) is 0 Å². The molecule has 0 heteroatoms. The molecule has 1 aliphatic rings. The third kappa shape index (κ3) is 2.85. The quantitative estimate of drug-likeness (QED) is 0.678. The van der Waals surface area contributed by atoms with Crippen LogP contribution in [-0.4, -0.2) is 0 Å². The Kier molecular flexibility index (Phi) is 4.44. The van der Waals surface area contributed by atoms with Crippen molar-refractivity contribution >= 4 is 11.1 Å². The average molecular weight is 264 g/mol. The van der Waals surface area contributed by atoms with Crippen LogP contribution in [0, 0.1) is 5.92 Å². The lowest BCUT2D eigenvalue weighted by atomic mass is 9.85. The van der Waals surface area contributed by atoms with Gasteiger partial charge in [0.25, 0.3) is 0 Å². The van der Waals surface area contributed by atoms with E-state index >= 15 is 0 Å². The number of allylic oxidation sites excluding steroid dienone is 3. The summed E-state index contributed by atoms with van der Waals surface area (Å²) in [6.07, 6.45) is 5.00. The molecule has 0 bridgehead atoms. The Morgan fingerprint density at radius 1 is 1.00 bits per heavy atom. The van der Waals surface area contributed by atoms with Gasteiger partial charge in [0.15, 0.2) is 0 Å². The van der Waals surface area contributed by atoms with Gasteiger partial charge in [0.05, 0.1) is 0 Å². The first-order valence-corrected chi connectivity index (χ1v) is 7.25. The zero-order chi connectivity index (χ0) is 14.7. The van der Waals surface area contributed by atoms with Gasteiger partial charge in [0.2, 0.25) is 0 Å². The maximum absolute atomic E-state index is 4.10. The van der Waals surface area contributed by atoms with Gasteiger partial charge < -0.3 is 0 Å². The van der Waals surface area contributed by atoms with E-state index in [4.69, 9.17) is 0 Å². The smallest absolute Gasteiger partial charge is 0.00662 e. The van der Waals surface area contributed by atoms with E-state index in [0.717, 1.165) is 19.3 Å². The highest BCUT2D eigenvalue weighted by molar-refractivity contribution is 5.73. The van der Waals surface area contributed by atoms with Crippen LogP contribution >= 0.6 is 0 Å². The van der Waals surface area contributed by atoms with E-state index in [1.165, 1.54) is 32.7 Å². The minimum atomic E-state index is 0.471. The monoisotopic (exact) mass is 264 g/mol. The molecule has 0 radical (unpaired) electrons. The van der Waals surface area contributed by atoms with Crippen molar-refractivity contribution in [1.29, 1.82) is 0 Å². The first kappa shape index (κ1) is 14.6. The Balaban J connectivity index is 2.66. The second-order valence-corrected chi connectivity index (χ2v) is 5.94. The number of hydrogen-bond donors (Lipinski definition) is 0. The third-order valence-corrected chi connectivity index (χ3v) is 3.85. The Morgan fingerprint density at radius 2 is 1.45 bits per heavy atom. The molecule has 0 unspecified atom stereocenters. The van der Waals surface area contributed by atoms with Crippen molar-refractivity contribution in [2.45, 2.75) is 33.1 Å². The molecule has 0 amide bonds. The van der Waals surface area contributed by atoms with Gasteiger partial charge in [-0.15, -0.1) is 6.58 Å². The van der Waals surface area contributed by atoms with E-state index in [0.29, 0.717) is 5.92 Å². The summed E-state index contributed by atoms with van der Waals surface area (Å²) in [6, 6.07) is 8.75. The fourth-order valence-electron chi connectivity index (χ4n) is 3.17. The second kappa shape index (κ2) is 6.09. The molecule has 0 N–H and O–H groups in total. The summed E-state index contributed by atoms with van der Waals surface area (Å²) in [6.45, 7) is 16.4. The molecule has 0 aromatic heterocycles. The van der Waals surface area contributed by atoms with Gasteiger partial charge in [-0.25, -0.2) is 0 Å². The fourth-order valence-corrected chi connectivity index (χ4v) is 3.17. The minimum Gasteiger partial charge on any atom is -0.103 e. The molecular weight excluding hydrogens is 240 g/mol. The topological polar surface area (TPSA) is 0 Å². The highest BCUT2D eigenvalue weighted by Gasteiger charge is 2.24. The highest BCUT2D eigenvalue weighted by Crippen LogP contribution is 2.34. The van der Waals surface area contributed by atoms with Gasteiger partial charge in [-0.3, -0.25) is 0 Å². The van der Waals surface area contributed by atoms with Gasteiger partial charge in [0.1, 0.15) is 0 Å². The number of benzene rings is 1. The molecule has 0 aliphatic heterocycles. The standard InChI is InChI=1S/C20H24/c1-6-9-16-19(12-14(2)3)17-10-7-8-11-18(17)20(16)13-15(4)5/h6-8,10-11,16H,1-2,4,9,12-13H2,3,5H3. The van der Waals surface area contributed by atoms with Gasteiger partial charge in [-0.2, -0.15) is 0 Å². The number of hydrogen-bond acceptors (Lipinski definition) is 0. The molecule has 0 atom stereocenters. The molecule has 0 fully saturated rings. The van der Waals surface area contributed by atoms with Crippen LogP contribution in [0.4, 0.5) is 0 Å². The second-order valence-electron chi connectivity index (χ2n) is 5.94. The van der Waals surface area contributed by atoms with E-state index in [9.17, 15) is 0 Å². The highest BCUT2D eigenvalue weighted by atomic mass is 14.3. The van der Waals surface area contributed by atoms with E-state index in [1.807, 2.05) is 6.08 Å². The van der Waals surface area contributed by atoms with Crippen molar-refractivity contribution in [3.8, 4) is 0 Å². The Hall–Kier alpha value is -1.82. The summed E-state index contributed by atoms with van der Waals surface area (Å²) in [5.41, 5.74) is 5.45. The Bertz CT molecular complexity index is 615. The van der Waals surface area contributed by atoms with Crippen LogP contribution in [0.15, 0.2) is 61.2 Å². The van der Waals surface area contributed by atoms with Crippen molar-refractivity contribution in [1.82, 2.24) is 0 Å². The minimum absolute atomic E-state index is 0.471. The number of rotatable bonds is 6. The molecular formula is C20H24. The predicted molar refractivity (Wildman–Crippen MR) is 89.7 cm³/mol. The van der Waals surface area contributed by atoms with Crippen molar-refractivity contribution in [2.75, 3.05) is 0 Å². The molecule has 1 aromatic rings. The summed E-state index contributed by atoms with van der Waals surface area (Å²) in [5, 5.41) is 2.80. The van der Waals surface area contributed by atoms with E-state index < -0.39 is 0 Å². The van der Waals surface area contributed by atoms with Crippen molar-refractivity contribution in [3.63, 3.8) is 0 Å². The lowest BCUT2D eigenvalue weighted by Crippen LogP contribution is -2.23. The van der Waals surface area contributed by atoms with Gasteiger partial charge in [0, 0.05) is 5.92 Å². The van der Waals surface area contributed by atoms with Crippen LogP contribution in [0.25, 0.3) is 11.1 Å².